The van der Waals surface area contributed by atoms with Crippen LogP contribution in [0.3, 0.4) is 0 Å². The van der Waals surface area contributed by atoms with E-state index < -0.39 is 0 Å². The maximum absolute atomic E-state index is 13.0. The summed E-state index contributed by atoms with van der Waals surface area (Å²) < 4.78 is 0. The number of thiophene rings is 1. The largest absolute Gasteiger partial charge is 0.380 e. The monoisotopic (exact) mass is 433 g/mol. The average Bonchev–Trinajstić information content (AvgIpc) is 3.46. The Balaban J connectivity index is 1.28. The van der Waals surface area contributed by atoms with Gasteiger partial charge in [-0.3, -0.25) is 9.59 Å². The first-order valence-electron chi connectivity index (χ1n) is 10.7. The molecule has 1 saturated heterocycles. The van der Waals surface area contributed by atoms with Gasteiger partial charge in [0.25, 0.3) is 5.91 Å². The number of carbonyl (C=O) groups is 2. The van der Waals surface area contributed by atoms with Gasteiger partial charge in [0.05, 0.1) is 0 Å². The van der Waals surface area contributed by atoms with Crippen LogP contribution in [0.4, 0.5) is 11.4 Å². The van der Waals surface area contributed by atoms with Crippen LogP contribution in [-0.4, -0.2) is 35.8 Å². The third-order valence-corrected chi connectivity index (χ3v) is 6.36. The summed E-state index contributed by atoms with van der Waals surface area (Å²) in [5, 5.41) is 8.48. The highest BCUT2D eigenvalue weighted by atomic mass is 32.1. The molecule has 0 saturated carbocycles. The Kier molecular flexibility index (Phi) is 6.99. The molecule has 2 aromatic carbocycles. The lowest BCUT2D eigenvalue weighted by atomic mass is 10.1. The molecule has 1 aliphatic heterocycles. The maximum Gasteiger partial charge on any atom is 0.254 e. The van der Waals surface area contributed by atoms with E-state index in [1.165, 1.54) is 4.88 Å². The van der Waals surface area contributed by atoms with Crippen LogP contribution in [0, 0.1) is 0 Å². The summed E-state index contributed by atoms with van der Waals surface area (Å²) >= 11 is 1.72. The molecule has 1 aromatic heterocycles. The summed E-state index contributed by atoms with van der Waals surface area (Å²) in [6.07, 6.45) is 3.11. The van der Waals surface area contributed by atoms with E-state index in [0.29, 0.717) is 24.2 Å². The number of rotatable bonds is 8. The van der Waals surface area contributed by atoms with E-state index in [9.17, 15) is 9.59 Å². The Morgan fingerprint density at radius 1 is 1.00 bits per heavy atom. The maximum atomic E-state index is 13.0. The van der Waals surface area contributed by atoms with Crippen molar-refractivity contribution in [1.82, 2.24) is 4.90 Å². The Hall–Kier alpha value is -3.12. The van der Waals surface area contributed by atoms with Gasteiger partial charge in [-0.25, -0.2) is 0 Å². The third kappa shape index (κ3) is 5.95. The molecule has 6 heteroatoms. The van der Waals surface area contributed by atoms with Crippen molar-refractivity contribution in [1.29, 1.82) is 0 Å². The van der Waals surface area contributed by atoms with Crippen molar-refractivity contribution >= 4 is 34.5 Å². The van der Waals surface area contributed by atoms with E-state index in [4.69, 9.17) is 0 Å². The zero-order valence-electron chi connectivity index (χ0n) is 17.4. The minimum absolute atomic E-state index is 0.00570. The predicted octanol–water partition coefficient (Wildman–Crippen LogP) is 5.04. The smallest absolute Gasteiger partial charge is 0.254 e. The fourth-order valence-electron chi connectivity index (χ4n) is 3.85. The van der Waals surface area contributed by atoms with Crippen LogP contribution in [-0.2, 0) is 11.2 Å². The second-order valence-electron chi connectivity index (χ2n) is 7.81. The van der Waals surface area contributed by atoms with E-state index in [1.54, 1.807) is 17.4 Å². The molecule has 2 amide bonds. The number of para-hydroxylation sites is 1. The van der Waals surface area contributed by atoms with Gasteiger partial charge in [-0.05, 0) is 61.0 Å². The van der Waals surface area contributed by atoms with Crippen LogP contribution < -0.4 is 10.6 Å². The minimum atomic E-state index is -0.0190. The first kappa shape index (κ1) is 21.1. The molecule has 1 unspecified atom stereocenters. The number of nitrogens with one attached hydrogen (secondary N) is 2. The zero-order chi connectivity index (χ0) is 21.5. The lowest BCUT2D eigenvalue weighted by Crippen LogP contribution is -2.31. The molecule has 0 aliphatic carbocycles. The second kappa shape index (κ2) is 10.3. The van der Waals surface area contributed by atoms with E-state index in [1.807, 2.05) is 59.5 Å². The molecular formula is C25H27N3O2S. The number of carbonyl (C=O) groups excluding carboxylic acids is 2. The lowest BCUT2D eigenvalue weighted by Gasteiger charge is -2.18. The SMILES string of the molecule is O=C(CCCc1cccs1)Nc1cccc(C(=O)N2CCC(Nc3ccccc3)C2)c1. The number of hydrogen-bond donors (Lipinski definition) is 2. The fourth-order valence-corrected chi connectivity index (χ4v) is 4.60. The van der Waals surface area contributed by atoms with Gasteiger partial charge < -0.3 is 15.5 Å². The van der Waals surface area contributed by atoms with Gasteiger partial charge in [0, 0.05) is 47.4 Å². The van der Waals surface area contributed by atoms with Crippen molar-refractivity contribution in [3.05, 3.63) is 82.6 Å². The molecule has 5 nitrogen and oxygen atoms in total. The van der Waals surface area contributed by atoms with Gasteiger partial charge in [-0.15, -0.1) is 11.3 Å². The Bertz CT molecular complexity index is 1000. The number of nitrogens with zero attached hydrogens (tertiary/aromatic N) is 1. The highest BCUT2D eigenvalue weighted by molar-refractivity contribution is 7.09. The molecule has 160 valence electrons. The number of hydrogen-bond acceptors (Lipinski definition) is 4. The van der Waals surface area contributed by atoms with E-state index in [0.717, 1.165) is 31.5 Å². The first-order valence-corrected chi connectivity index (χ1v) is 11.6. The van der Waals surface area contributed by atoms with Crippen LogP contribution in [0.2, 0.25) is 0 Å². The van der Waals surface area contributed by atoms with Crippen LogP contribution in [0.5, 0.6) is 0 Å². The molecule has 1 atom stereocenters. The van der Waals surface area contributed by atoms with Gasteiger partial charge in [-0.1, -0.05) is 30.3 Å². The van der Waals surface area contributed by atoms with Gasteiger partial charge in [-0.2, -0.15) is 0 Å². The lowest BCUT2D eigenvalue weighted by molar-refractivity contribution is -0.116. The van der Waals surface area contributed by atoms with Gasteiger partial charge in [0.2, 0.25) is 5.91 Å². The van der Waals surface area contributed by atoms with E-state index >= 15 is 0 Å². The van der Waals surface area contributed by atoms with Crippen molar-refractivity contribution in [2.75, 3.05) is 23.7 Å². The molecule has 0 spiro atoms. The molecule has 4 rings (SSSR count). The highest BCUT2D eigenvalue weighted by Gasteiger charge is 2.27. The number of likely N-dealkylation sites (tertiary alicyclic amines) is 1. The predicted molar refractivity (Wildman–Crippen MR) is 127 cm³/mol. The first-order chi connectivity index (χ1) is 15.2. The highest BCUT2D eigenvalue weighted by Crippen LogP contribution is 2.20. The van der Waals surface area contributed by atoms with Crippen LogP contribution in [0.15, 0.2) is 72.1 Å². The molecule has 0 bridgehead atoms. The average molecular weight is 434 g/mol. The van der Waals surface area contributed by atoms with Crippen LogP contribution in [0.25, 0.3) is 0 Å². The number of anilines is 2. The molecule has 31 heavy (non-hydrogen) atoms. The summed E-state index contributed by atoms with van der Waals surface area (Å²) in [6.45, 7) is 1.40. The number of amides is 2. The summed E-state index contributed by atoms with van der Waals surface area (Å²) in [4.78, 5) is 28.4. The number of aryl methyl sites for hydroxylation is 1. The molecule has 0 radical (unpaired) electrons. The molecule has 1 aliphatic rings. The number of benzene rings is 2. The van der Waals surface area contributed by atoms with Crippen molar-refractivity contribution in [3.63, 3.8) is 0 Å². The van der Waals surface area contributed by atoms with E-state index in [-0.39, 0.29) is 17.9 Å². The zero-order valence-corrected chi connectivity index (χ0v) is 18.2. The van der Waals surface area contributed by atoms with Crippen LogP contribution in [0.1, 0.15) is 34.5 Å². The Morgan fingerprint density at radius 2 is 1.84 bits per heavy atom. The Morgan fingerprint density at radius 3 is 2.65 bits per heavy atom. The van der Waals surface area contributed by atoms with E-state index in [2.05, 4.69) is 22.1 Å². The van der Waals surface area contributed by atoms with Crippen molar-refractivity contribution < 1.29 is 9.59 Å². The quantitative estimate of drug-likeness (QED) is 0.523. The topological polar surface area (TPSA) is 61.4 Å². The van der Waals surface area contributed by atoms with Crippen molar-refractivity contribution in [3.8, 4) is 0 Å². The summed E-state index contributed by atoms with van der Waals surface area (Å²) in [5.41, 5.74) is 2.35. The van der Waals surface area contributed by atoms with Crippen LogP contribution >= 0.6 is 11.3 Å². The summed E-state index contributed by atoms with van der Waals surface area (Å²) in [7, 11) is 0. The normalized spacial score (nSPS) is 15.6. The third-order valence-electron chi connectivity index (χ3n) is 5.42. The molecule has 3 aromatic rings. The molecule has 2 heterocycles. The van der Waals surface area contributed by atoms with Crippen molar-refractivity contribution in [2.24, 2.45) is 0 Å². The summed E-state index contributed by atoms with van der Waals surface area (Å²) in [6, 6.07) is 21.7. The molecular weight excluding hydrogens is 406 g/mol. The molecule has 2 N–H and O–H groups in total. The van der Waals surface area contributed by atoms with Crippen molar-refractivity contribution in [2.45, 2.75) is 31.7 Å². The minimum Gasteiger partial charge on any atom is -0.380 e. The van der Waals surface area contributed by atoms with Gasteiger partial charge in [0.1, 0.15) is 0 Å². The second-order valence-corrected chi connectivity index (χ2v) is 8.84. The fraction of sp³-hybridized carbons (Fsp3) is 0.280. The van der Waals surface area contributed by atoms with Gasteiger partial charge in [0.15, 0.2) is 0 Å². The Labute approximate surface area is 187 Å². The summed E-state index contributed by atoms with van der Waals surface area (Å²) in [5.74, 6) is -0.0133. The van der Waals surface area contributed by atoms with Gasteiger partial charge >= 0.3 is 0 Å². The molecule has 1 fully saturated rings. The standard InChI is InChI=1S/C25H27N3O2S/c29-24(13-5-11-23-12-6-16-31-23)27-21-10-4-7-19(17-21)25(30)28-15-14-22(18-28)26-20-8-2-1-3-9-20/h1-4,6-10,12,16-17,22,26H,5,11,13-15,18H2,(H,27,29).